The predicted octanol–water partition coefficient (Wildman–Crippen LogP) is 5.20. The van der Waals surface area contributed by atoms with Gasteiger partial charge in [0.15, 0.2) is 0 Å². The maximum absolute atomic E-state index is 5.15. The Morgan fingerprint density at radius 2 is 1.94 bits per heavy atom. The zero-order valence-corrected chi connectivity index (χ0v) is 13.3. The van der Waals surface area contributed by atoms with Crippen LogP contribution in [0.4, 0.5) is 0 Å². The number of alkyl halides is 1. The molecule has 17 heavy (non-hydrogen) atoms. The molecule has 2 rings (SSSR count). The van der Waals surface area contributed by atoms with Crippen molar-refractivity contribution < 1.29 is 4.74 Å². The molecule has 1 unspecified atom stereocenters. The molecule has 0 N–H and O–H groups in total. The van der Waals surface area contributed by atoms with E-state index in [0.717, 1.165) is 12.2 Å². The Balaban J connectivity index is 2.07. The van der Waals surface area contributed by atoms with Gasteiger partial charge in [-0.2, -0.15) is 0 Å². The van der Waals surface area contributed by atoms with Crippen molar-refractivity contribution in [2.75, 3.05) is 7.11 Å². The Labute approximate surface area is 122 Å². The van der Waals surface area contributed by atoms with Crippen molar-refractivity contribution in [3.63, 3.8) is 0 Å². The van der Waals surface area contributed by atoms with Crippen LogP contribution in [0.5, 0.6) is 5.75 Å². The monoisotopic (exact) mass is 374 g/mol. The summed E-state index contributed by atoms with van der Waals surface area (Å²) in [7, 11) is 1.69. The Kier molecular flexibility index (Phi) is 4.65. The third-order valence-corrected chi connectivity index (χ3v) is 5.57. The summed E-state index contributed by atoms with van der Waals surface area (Å²) in [5.74, 6) is 0.900. The van der Waals surface area contributed by atoms with E-state index in [-0.39, 0.29) is 0 Å². The Hall–Kier alpha value is -0.320. The average molecular weight is 376 g/mol. The molecule has 1 aromatic carbocycles. The van der Waals surface area contributed by atoms with Gasteiger partial charge in [0.25, 0.3) is 0 Å². The first-order valence-corrected chi connectivity index (χ1v) is 7.79. The number of methoxy groups -OCH3 is 1. The SMILES string of the molecule is COc1ccc(CC(Br)c2sccc2Br)cc1. The first-order chi connectivity index (χ1) is 8.20. The van der Waals surface area contributed by atoms with Crippen LogP contribution < -0.4 is 4.74 Å². The van der Waals surface area contributed by atoms with E-state index in [4.69, 9.17) is 4.74 Å². The summed E-state index contributed by atoms with van der Waals surface area (Å²) in [5, 5.41) is 2.10. The lowest BCUT2D eigenvalue weighted by molar-refractivity contribution is 0.414. The lowest BCUT2D eigenvalue weighted by Crippen LogP contribution is -1.94. The van der Waals surface area contributed by atoms with E-state index in [9.17, 15) is 0 Å². The normalized spacial score (nSPS) is 12.4. The van der Waals surface area contributed by atoms with Crippen LogP contribution in [0.1, 0.15) is 15.3 Å². The maximum atomic E-state index is 5.15. The molecule has 90 valence electrons. The first kappa shape index (κ1) is 13.1. The van der Waals surface area contributed by atoms with Gasteiger partial charge in [-0.25, -0.2) is 0 Å². The highest BCUT2D eigenvalue weighted by Crippen LogP contribution is 2.36. The molecule has 0 aliphatic rings. The predicted molar refractivity (Wildman–Crippen MR) is 80.4 cm³/mol. The lowest BCUT2D eigenvalue weighted by Gasteiger charge is -2.09. The number of hydrogen-bond donors (Lipinski definition) is 0. The molecule has 4 heteroatoms. The molecule has 0 saturated heterocycles. The van der Waals surface area contributed by atoms with Gasteiger partial charge in [0.1, 0.15) is 5.75 Å². The molecule has 2 aromatic rings. The number of thiophene rings is 1. The largest absolute Gasteiger partial charge is 0.497 e. The van der Waals surface area contributed by atoms with Gasteiger partial charge < -0.3 is 4.74 Å². The highest BCUT2D eigenvalue weighted by molar-refractivity contribution is 9.11. The number of ether oxygens (including phenoxy) is 1. The molecular weight excluding hydrogens is 364 g/mol. The fourth-order valence-electron chi connectivity index (χ4n) is 1.59. The highest BCUT2D eigenvalue weighted by Gasteiger charge is 2.13. The first-order valence-electron chi connectivity index (χ1n) is 5.20. The van der Waals surface area contributed by atoms with Crippen molar-refractivity contribution in [3.05, 3.63) is 50.6 Å². The van der Waals surface area contributed by atoms with E-state index < -0.39 is 0 Å². The van der Waals surface area contributed by atoms with Crippen LogP contribution in [0.3, 0.4) is 0 Å². The molecule has 1 atom stereocenters. The van der Waals surface area contributed by atoms with E-state index in [1.54, 1.807) is 18.4 Å². The molecule has 1 nitrogen and oxygen atoms in total. The third-order valence-electron chi connectivity index (χ3n) is 2.50. The number of halogens is 2. The fourth-order valence-corrected chi connectivity index (χ4v) is 4.47. The van der Waals surface area contributed by atoms with E-state index >= 15 is 0 Å². The summed E-state index contributed by atoms with van der Waals surface area (Å²) in [6.45, 7) is 0. The second-order valence-electron chi connectivity index (χ2n) is 3.65. The maximum Gasteiger partial charge on any atom is 0.118 e. The minimum absolute atomic E-state index is 0.352. The van der Waals surface area contributed by atoms with Crippen LogP contribution in [0.2, 0.25) is 0 Å². The van der Waals surface area contributed by atoms with Gasteiger partial charge in [0.05, 0.1) is 11.9 Å². The van der Waals surface area contributed by atoms with Crippen LogP contribution in [-0.4, -0.2) is 7.11 Å². The standard InChI is InChI=1S/C13H12Br2OS/c1-16-10-4-2-9(3-5-10)8-12(15)13-11(14)6-7-17-13/h2-7,12H,8H2,1H3. The molecule has 0 amide bonds. The summed E-state index contributed by atoms with van der Waals surface area (Å²) in [4.78, 5) is 1.69. The fraction of sp³-hybridized carbons (Fsp3) is 0.231. The minimum Gasteiger partial charge on any atom is -0.497 e. The zero-order chi connectivity index (χ0) is 12.3. The molecule has 0 spiro atoms. The van der Waals surface area contributed by atoms with Gasteiger partial charge in [-0.1, -0.05) is 28.1 Å². The van der Waals surface area contributed by atoms with E-state index in [0.29, 0.717) is 4.83 Å². The quantitative estimate of drug-likeness (QED) is 0.667. The van der Waals surface area contributed by atoms with E-state index in [1.807, 2.05) is 12.1 Å². The van der Waals surface area contributed by atoms with Crippen molar-refractivity contribution in [1.29, 1.82) is 0 Å². The Morgan fingerprint density at radius 3 is 2.47 bits per heavy atom. The van der Waals surface area contributed by atoms with Crippen LogP contribution in [0.25, 0.3) is 0 Å². The second-order valence-corrected chi connectivity index (χ2v) is 6.56. The van der Waals surface area contributed by atoms with Gasteiger partial charge in [-0.15, -0.1) is 11.3 Å². The van der Waals surface area contributed by atoms with Crippen LogP contribution in [-0.2, 0) is 6.42 Å². The molecular formula is C13H12Br2OS. The Morgan fingerprint density at radius 1 is 1.24 bits per heavy atom. The molecule has 1 heterocycles. The summed E-state index contributed by atoms with van der Waals surface area (Å²) >= 11 is 9.07. The molecule has 1 aromatic heterocycles. The summed E-state index contributed by atoms with van der Waals surface area (Å²) < 4.78 is 6.33. The van der Waals surface area contributed by atoms with Crippen molar-refractivity contribution >= 4 is 43.2 Å². The zero-order valence-electron chi connectivity index (χ0n) is 9.32. The van der Waals surface area contributed by atoms with E-state index in [2.05, 4.69) is 55.4 Å². The lowest BCUT2D eigenvalue weighted by atomic mass is 10.1. The Bertz CT molecular complexity index is 478. The number of hydrogen-bond acceptors (Lipinski definition) is 2. The molecule has 0 saturated carbocycles. The average Bonchev–Trinajstić information content (AvgIpc) is 2.76. The van der Waals surface area contributed by atoms with Gasteiger partial charge in [0.2, 0.25) is 0 Å². The molecule has 0 radical (unpaired) electrons. The molecule has 0 fully saturated rings. The van der Waals surface area contributed by atoms with Crippen LogP contribution in [0, 0.1) is 0 Å². The van der Waals surface area contributed by atoms with Crippen molar-refractivity contribution in [2.45, 2.75) is 11.2 Å². The van der Waals surface area contributed by atoms with Crippen molar-refractivity contribution in [2.24, 2.45) is 0 Å². The van der Waals surface area contributed by atoms with Crippen LogP contribution >= 0.6 is 43.2 Å². The third kappa shape index (κ3) is 3.33. The number of benzene rings is 1. The summed E-state index contributed by atoms with van der Waals surface area (Å²) in [5.41, 5.74) is 1.30. The van der Waals surface area contributed by atoms with Gasteiger partial charge in [-0.05, 0) is 51.5 Å². The molecule has 0 aliphatic heterocycles. The van der Waals surface area contributed by atoms with Crippen molar-refractivity contribution in [3.8, 4) is 5.75 Å². The second kappa shape index (κ2) is 6.03. The van der Waals surface area contributed by atoms with Gasteiger partial charge in [-0.3, -0.25) is 0 Å². The van der Waals surface area contributed by atoms with Crippen molar-refractivity contribution in [1.82, 2.24) is 0 Å². The number of rotatable bonds is 4. The molecule has 0 aliphatic carbocycles. The topological polar surface area (TPSA) is 9.23 Å². The highest BCUT2D eigenvalue weighted by atomic mass is 79.9. The van der Waals surface area contributed by atoms with Gasteiger partial charge in [0, 0.05) is 9.35 Å². The minimum atomic E-state index is 0.352. The van der Waals surface area contributed by atoms with Gasteiger partial charge >= 0.3 is 0 Å². The molecule has 0 bridgehead atoms. The smallest absolute Gasteiger partial charge is 0.118 e. The van der Waals surface area contributed by atoms with Crippen LogP contribution in [0.15, 0.2) is 40.2 Å². The van der Waals surface area contributed by atoms with E-state index in [1.165, 1.54) is 14.9 Å². The summed E-state index contributed by atoms with van der Waals surface area (Å²) in [6, 6.07) is 10.3. The summed E-state index contributed by atoms with van der Waals surface area (Å²) in [6.07, 6.45) is 0.975.